The molecule has 1 atom stereocenters. The van der Waals surface area contributed by atoms with Gasteiger partial charge in [-0.25, -0.2) is 0 Å². The van der Waals surface area contributed by atoms with Crippen LogP contribution in [0, 0.1) is 0 Å². The lowest BCUT2D eigenvalue weighted by molar-refractivity contribution is 0.769. The fourth-order valence-corrected chi connectivity index (χ4v) is 2.93. The molecule has 0 amide bonds. The number of pyridine rings is 1. The molecule has 4 heteroatoms. The van der Waals surface area contributed by atoms with Gasteiger partial charge in [-0.2, -0.15) is 0 Å². The van der Waals surface area contributed by atoms with E-state index in [0.29, 0.717) is 6.04 Å². The zero-order valence-corrected chi connectivity index (χ0v) is 11.9. The zero-order valence-electron chi connectivity index (χ0n) is 11.1. The van der Waals surface area contributed by atoms with Crippen LogP contribution in [0.1, 0.15) is 36.4 Å². The number of nitrogens with two attached hydrogens (primary N) is 1. The van der Waals surface area contributed by atoms with Gasteiger partial charge in [-0.15, -0.1) is 11.3 Å². The molecular formula is C15H19N3S. The second kappa shape index (κ2) is 5.31. The van der Waals surface area contributed by atoms with Gasteiger partial charge < -0.3 is 10.6 Å². The molecule has 2 N–H and O–H groups in total. The van der Waals surface area contributed by atoms with Crippen LogP contribution in [0.25, 0.3) is 0 Å². The molecule has 2 aromatic rings. The van der Waals surface area contributed by atoms with Gasteiger partial charge in [0.05, 0.1) is 24.1 Å². The molecule has 2 aromatic heterocycles. The highest BCUT2D eigenvalue weighted by Crippen LogP contribution is 2.33. The molecule has 100 valence electrons. The maximum Gasteiger partial charge on any atom is 0.0569 e. The number of thiophene rings is 1. The van der Waals surface area contributed by atoms with E-state index < -0.39 is 0 Å². The van der Waals surface area contributed by atoms with Gasteiger partial charge in [-0.3, -0.25) is 4.98 Å². The Morgan fingerprint density at radius 3 is 2.79 bits per heavy atom. The quantitative estimate of drug-likeness (QED) is 0.908. The normalized spacial score (nSPS) is 16.3. The summed E-state index contributed by atoms with van der Waals surface area (Å²) in [5, 5.41) is 2.14. The van der Waals surface area contributed by atoms with Crippen molar-refractivity contribution in [1.82, 2.24) is 4.98 Å². The Bertz CT molecular complexity index is 515. The van der Waals surface area contributed by atoms with Gasteiger partial charge in [0.15, 0.2) is 0 Å². The van der Waals surface area contributed by atoms with Gasteiger partial charge in [0, 0.05) is 17.0 Å². The molecule has 0 aliphatic heterocycles. The Kier molecular flexibility index (Phi) is 3.53. The van der Waals surface area contributed by atoms with Crippen molar-refractivity contribution >= 4 is 17.0 Å². The van der Waals surface area contributed by atoms with E-state index >= 15 is 0 Å². The van der Waals surface area contributed by atoms with E-state index in [9.17, 15) is 0 Å². The number of hydrogen-bond donors (Lipinski definition) is 1. The van der Waals surface area contributed by atoms with Crippen LogP contribution in [0.2, 0.25) is 0 Å². The van der Waals surface area contributed by atoms with Crippen LogP contribution in [-0.2, 0) is 6.54 Å². The number of nitrogens with zero attached hydrogens (tertiary/aromatic N) is 2. The molecule has 3 nitrogen and oxygen atoms in total. The predicted molar refractivity (Wildman–Crippen MR) is 80.4 cm³/mol. The van der Waals surface area contributed by atoms with Crippen LogP contribution >= 0.6 is 11.3 Å². The largest absolute Gasteiger partial charge is 0.362 e. The standard InChI is InChI=1S/C15H19N3S/c1-11(16)15-7-6-13(9-17-15)18(12-4-5-12)10-14-3-2-8-19-14/h2-3,6-9,11-12H,4-5,10,16H2,1H3/t11-/m1/s1. The van der Waals surface area contributed by atoms with Gasteiger partial charge in [0.1, 0.15) is 0 Å². The van der Waals surface area contributed by atoms with E-state index in [1.165, 1.54) is 23.4 Å². The summed E-state index contributed by atoms with van der Waals surface area (Å²) in [6.07, 6.45) is 4.55. The summed E-state index contributed by atoms with van der Waals surface area (Å²) in [5.74, 6) is 0. The molecule has 0 unspecified atom stereocenters. The number of anilines is 1. The molecule has 0 saturated heterocycles. The number of rotatable bonds is 5. The molecule has 1 aliphatic rings. The van der Waals surface area contributed by atoms with Crippen molar-refractivity contribution in [2.45, 2.75) is 38.4 Å². The molecule has 0 radical (unpaired) electrons. The summed E-state index contributed by atoms with van der Waals surface area (Å²) in [6, 6.07) is 9.19. The van der Waals surface area contributed by atoms with Crippen molar-refractivity contribution in [3.8, 4) is 0 Å². The molecule has 0 aromatic carbocycles. The molecular weight excluding hydrogens is 254 g/mol. The third-order valence-electron chi connectivity index (χ3n) is 3.46. The monoisotopic (exact) mass is 273 g/mol. The number of aromatic nitrogens is 1. The Hall–Kier alpha value is -1.39. The fourth-order valence-electron chi connectivity index (χ4n) is 2.22. The second-order valence-corrected chi connectivity index (χ2v) is 6.20. The van der Waals surface area contributed by atoms with Gasteiger partial charge in [0.25, 0.3) is 0 Å². The third kappa shape index (κ3) is 2.96. The first kappa shape index (κ1) is 12.6. The average Bonchev–Trinajstić information content (AvgIpc) is 3.13. The first-order valence-electron chi connectivity index (χ1n) is 6.74. The van der Waals surface area contributed by atoms with E-state index in [1.807, 2.05) is 30.5 Å². The summed E-state index contributed by atoms with van der Waals surface area (Å²) in [7, 11) is 0. The van der Waals surface area contributed by atoms with E-state index in [2.05, 4.69) is 33.5 Å². The summed E-state index contributed by atoms with van der Waals surface area (Å²) in [4.78, 5) is 8.34. The minimum absolute atomic E-state index is 0.000668. The van der Waals surface area contributed by atoms with Crippen LogP contribution in [0.3, 0.4) is 0 Å². The Morgan fingerprint density at radius 1 is 1.42 bits per heavy atom. The first-order valence-corrected chi connectivity index (χ1v) is 7.62. The highest BCUT2D eigenvalue weighted by molar-refractivity contribution is 7.09. The third-order valence-corrected chi connectivity index (χ3v) is 4.32. The van der Waals surface area contributed by atoms with E-state index in [0.717, 1.165) is 12.2 Å². The molecule has 19 heavy (non-hydrogen) atoms. The summed E-state index contributed by atoms with van der Waals surface area (Å²) in [6.45, 7) is 2.95. The fraction of sp³-hybridized carbons (Fsp3) is 0.400. The van der Waals surface area contributed by atoms with Crippen LogP contribution < -0.4 is 10.6 Å². The van der Waals surface area contributed by atoms with Gasteiger partial charge >= 0.3 is 0 Å². The molecule has 3 rings (SSSR count). The molecule has 0 spiro atoms. The number of hydrogen-bond acceptors (Lipinski definition) is 4. The lowest BCUT2D eigenvalue weighted by Gasteiger charge is -2.24. The lowest BCUT2D eigenvalue weighted by Crippen LogP contribution is -2.24. The predicted octanol–water partition coefficient (Wildman–Crippen LogP) is 3.33. The van der Waals surface area contributed by atoms with Crippen molar-refractivity contribution in [2.24, 2.45) is 5.73 Å². The van der Waals surface area contributed by atoms with E-state index in [1.54, 1.807) is 0 Å². The SMILES string of the molecule is C[C@@H](N)c1ccc(N(Cc2cccs2)C2CC2)cn1. The van der Waals surface area contributed by atoms with Gasteiger partial charge in [-0.1, -0.05) is 6.07 Å². The second-order valence-electron chi connectivity index (χ2n) is 5.17. The molecule has 1 fully saturated rings. The van der Waals surface area contributed by atoms with Gasteiger partial charge in [-0.05, 0) is 43.3 Å². The van der Waals surface area contributed by atoms with Gasteiger partial charge in [0.2, 0.25) is 0 Å². The highest BCUT2D eigenvalue weighted by Gasteiger charge is 2.29. The van der Waals surface area contributed by atoms with E-state index in [-0.39, 0.29) is 6.04 Å². The molecule has 1 saturated carbocycles. The lowest BCUT2D eigenvalue weighted by atomic mass is 10.2. The van der Waals surface area contributed by atoms with Crippen molar-refractivity contribution in [1.29, 1.82) is 0 Å². The smallest absolute Gasteiger partial charge is 0.0569 e. The summed E-state index contributed by atoms with van der Waals surface area (Å²) in [5.41, 5.74) is 8.01. The summed E-state index contributed by atoms with van der Waals surface area (Å²) >= 11 is 1.82. The first-order chi connectivity index (χ1) is 9.24. The Morgan fingerprint density at radius 2 is 2.26 bits per heavy atom. The van der Waals surface area contributed by atoms with Crippen molar-refractivity contribution in [3.05, 3.63) is 46.4 Å². The Labute approximate surface area is 118 Å². The Balaban J connectivity index is 1.79. The maximum absolute atomic E-state index is 5.85. The van der Waals surface area contributed by atoms with Crippen LogP contribution in [0.5, 0.6) is 0 Å². The zero-order chi connectivity index (χ0) is 13.2. The van der Waals surface area contributed by atoms with E-state index in [4.69, 9.17) is 5.73 Å². The average molecular weight is 273 g/mol. The topological polar surface area (TPSA) is 42.1 Å². The van der Waals surface area contributed by atoms with Crippen LogP contribution in [-0.4, -0.2) is 11.0 Å². The minimum Gasteiger partial charge on any atom is -0.362 e. The van der Waals surface area contributed by atoms with Crippen molar-refractivity contribution in [2.75, 3.05) is 4.90 Å². The van der Waals surface area contributed by atoms with Crippen molar-refractivity contribution < 1.29 is 0 Å². The molecule has 1 aliphatic carbocycles. The molecule has 0 bridgehead atoms. The molecule has 2 heterocycles. The maximum atomic E-state index is 5.85. The van der Waals surface area contributed by atoms with Crippen LogP contribution in [0.15, 0.2) is 35.8 Å². The van der Waals surface area contributed by atoms with Crippen molar-refractivity contribution in [3.63, 3.8) is 0 Å². The summed E-state index contributed by atoms with van der Waals surface area (Å²) < 4.78 is 0. The highest BCUT2D eigenvalue weighted by atomic mass is 32.1. The van der Waals surface area contributed by atoms with Crippen LogP contribution in [0.4, 0.5) is 5.69 Å². The minimum atomic E-state index is 0.000668.